The summed E-state index contributed by atoms with van der Waals surface area (Å²) in [7, 11) is 0. The van der Waals surface area contributed by atoms with E-state index in [1.165, 1.54) is 6.07 Å². The van der Waals surface area contributed by atoms with Crippen LogP contribution in [0.25, 0.3) is 16.3 Å². The summed E-state index contributed by atoms with van der Waals surface area (Å²) in [6, 6.07) is 9.78. The van der Waals surface area contributed by atoms with Gasteiger partial charge < -0.3 is 9.47 Å². The van der Waals surface area contributed by atoms with Gasteiger partial charge in [0.05, 0.1) is 23.7 Å². The molecule has 3 rings (SSSR count). The zero-order valence-electron chi connectivity index (χ0n) is 15.3. The number of esters is 2. The van der Waals surface area contributed by atoms with Crippen molar-refractivity contribution in [2.24, 2.45) is 5.92 Å². The molecule has 0 bridgehead atoms. The highest BCUT2D eigenvalue weighted by Gasteiger charge is 2.45. The van der Waals surface area contributed by atoms with Gasteiger partial charge in [-0.3, -0.25) is 24.5 Å². The van der Waals surface area contributed by atoms with Crippen molar-refractivity contribution in [3.8, 4) is 0 Å². The van der Waals surface area contributed by atoms with E-state index >= 15 is 0 Å². The van der Waals surface area contributed by atoms with E-state index in [0.717, 1.165) is 0 Å². The van der Waals surface area contributed by atoms with Crippen molar-refractivity contribution in [2.75, 3.05) is 13.2 Å². The highest BCUT2D eigenvalue weighted by atomic mass is 16.6. The highest BCUT2D eigenvalue weighted by molar-refractivity contribution is 6.26. The van der Waals surface area contributed by atoms with Crippen LogP contribution >= 0.6 is 0 Å². The van der Waals surface area contributed by atoms with Crippen molar-refractivity contribution in [3.63, 3.8) is 0 Å². The van der Waals surface area contributed by atoms with Gasteiger partial charge in [0, 0.05) is 10.9 Å². The van der Waals surface area contributed by atoms with Crippen LogP contribution in [0.1, 0.15) is 29.8 Å². The van der Waals surface area contributed by atoms with Gasteiger partial charge >= 0.3 is 17.6 Å². The van der Waals surface area contributed by atoms with Crippen molar-refractivity contribution in [1.82, 2.24) is 0 Å². The first-order valence-electron chi connectivity index (χ1n) is 8.70. The Morgan fingerprint density at radius 3 is 2.04 bits per heavy atom. The first kappa shape index (κ1) is 19.2. The smallest absolute Gasteiger partial charge is 0.325 e. The van der Waals surface area contributed by atoms with E-state index in [4.69, 9.17) is 9.47 Å². The molecule has 0 fully saturated rings. The van der Waals surface area contributed by atoms with Crippen LogP contribution in [-0.2, 0) is 19.1 Å². The van der Waals surface area contributed by atoms with Crippen LogP contribution in [0.3, 0.4) is 0 Å². The summed E-state index contributed by atoms with van der Waals surface area (Å²) in [4.78, 5) is 49.0. The summed E-state index contributed by atoms with van der Waals surface area (Å²) in [5, 5.41) is 12.9. The number of rotatable bonds is 6. The van der Waals surface area contributed by atoms with Gasteiger partial charge in [0.25, 0.3) is 5.78 Å². The lowest BCUT2D eigenvalue weighted by Crippen LogP contribution is -2.33. The van der Waals surface area contributed by atoms with Crippen LogP contribution < -0.4 is 0 Å². The minimum Gasteiger partial charge on any atom is -0.465 e. The lowest BCUT2D eigenvalue weighted by Gasteiger charge is -2.23. The van der Waals surface area contributed by atoms with E-state index in [9.17, 15) is 24.5 Å². The average molecular weight is 383 g/mol. The summed E-state index contributed by atoms with van der Waals surface area (Å²) in [6.07, 6.45) is 0. The van der Waals surface area contributed by atoms with E-state index in [1.807, 2.05) is 0 Å². The van der Waals surface area contributed by atoms with Crippen LogP contribution in [0, 0.1) is 16.0 Å². The zero-order chi connectivity index (χ0) is 20.4. The number of allylic oxidation sites excluding steroid dienone is 1. The maximum atomic E-state index is 12.9. The van der Waals surface area contributed by atoms with E-state index in [1.54, 1.807) is 44.2 Å². The average Bonchev–Trinajstić information content (AvgIpc) is 2.66. The molecule has 0 saturated heterocycles. The van der Waals surface area contributed by atoms with Gasteiger partial charge in [0.2, 0.25) is 0 Å². The van der Waals surface area contributed by atoms with Crippen molar-refractivity contribution in [2.45, 2.75) is 13.8 Å². The Labute approximate surface area is 159 Å². The minimum atomic E-state index is -1.73. The molecule has 1 aliphatic carbocycles. The third-order valence-electron chi connectivity index (χ3n) is 4.43. The Morgan fingerprint density at radius 1 is 1.00 bits per heavy atom. The lowest BCUT2D eigenvalue weighted by molar-refractivity contribution is -0.416. The maximum absolute atomic E-state index is 12.9. The molecule has 0 saturated carbocycles. The van der Waals surface area contributed by atoms with Crippen LogP contribution in [-0.4, -0.2) is 35.9 Å². The van der Waals surface area contributed by atoms with E-state index < -0.39 is 34.3 Å². The summed E-state index contributed by atoms with van der Waals surface area (Å²) in [5.74, 6) is -4.59. The number of Topliss-reactive ketones (excluding diaryl/α,β-unsaturated/α-hetero) is 1. The third kappa shape index (κ3) is 3.02. The van der Waals surface area contributed by atoms with Gasteiger partial charge in [-0.1, -0.05) is 36.4 Å². The number of carbonyl (C=O) groups is 3. The normalized spacial score (nSPS) is 13.0. The van der Waals surface area contributed by atoms with Crippen LogP contribution in [0.15, 0.2) is 42.1 Å². The van der Waals surface area contributed by atoms with Crippen molar-refractivity contribution < 1.29 is 28.8 Å². The summed E-state index contributed by atoms with van der Waals surface area (Å²) >= 11 is 0. The number of benzene rings is 2. The molecular formula is C20H17NO7. The second kappa shape index (κ2) is 7.59. The van der Waals surface area contributed by atoms with Crippen LogP contribution in [0.5, 0.6) is 0 Å². The van der Waals surface area contributed by atoms with Gasteiger partial charge in [-0.15, -0.1) is 0 Å². The molecule has 0 atom stereocenters. The molecule has 0 spiro atoms. The molecule has 1 aliphatic rings. The molecule has 2 aromatic carbocycles. The fourth-order valence-electron chi connectivity index (χ4n) is 3.39. The largest absolute Gasteiger partial charge is 0.465 e. The number of hydrogen-bond acceptors (Lipinski definition) is 7. The quantitative estimate of drug-likeness (QED) is 0.326. The molecule has 0 N–H and O–H groups in total. The molecule has 0 aliphatic heterocycles. The third-order valence-corrected chi connectivity index (χ3v) is 4.43. The van der Waals surface area contributed by atoms with Crippen molar-refractivity contribution >= 4 is 34.1 Å². The molecule has 2 aromatic rings. The van der Waals surface area contributed by atoms with E-state index in [2.05, 4.69) is 0 Å². The topological polar surface area (TPSA) is 113 Å². The number of nitrogens with zero attached hydrogens (tertiary/aromatic N) is 1. The number of hydrogen-bond donors (Lipinski definition) is 0. The Balaban J connectivity index is 2.38. The van der Waals surface area contributed by atoms with Crippen LogP contribution in [0.4, 0.5) is 0 Å². The first-order chi connectivity index (χ1) is 13.4. The second-order valence-corrected chi connectivity index (χ2v) is 5.99. The number of ether oxygens (including phenoxy) is 2. The van der Waals surface area contributed by atoms with Crippen LogP contribution in [0.2, 0.25) is 0 Å². The number of carbonyl (C=O) groups excluding carboxylic acids is 3. The highest BCUT2D eigenvalue weighted by Crippen LogP contribution is 2.41. The van der Waals surface area contributed by atoms with Gasteiger partial charge in [-0.05, 0) is 24.8 Å². The lowest BCUT2D eigenvalue weighted by atomic mass is 9.80. The Morgan fingerprint density at radius 2 is 1.54 bits per heavy atom. The fraction of sp³-hybridized carbons (Fsp3) is 0.250. The number of ketones is 1. The van der Waals surface area contributed by atoms with Gasteiger partial charge in [-0.25, -0.2) is 0 Å². The summed E-state index contributed by atoms with van der Waals surface area (Å²) in [6.45, 7) is 3.02. The zero-order valence-corrected chi connectivity index (χ0v) is 15.3. The molecule has 0 heterocycles. The predicted octanol–water partition coefficient (Wildman–Crippen LogP) is 2.77. The summed E-state index contributed by atoms with van der Waals surface area (Å²) in [5.41, 5.74) is -0.700. The molecule has 28 heavy (non-hydrogen) atoms. The SMILES string of the molecule is CCOC(=O)C(C(=O)OCC)C1=C([N+](=O)[O-])C(=O)c2cccc3cccc1c23. The maximum Gasteiger partial charge on any atom is 0.325 e. The molecule has 8 nitrogen and oxygen atoms in total. The van der Waals surface area contributed by atoms with Gasteiger partial charge in [0.1, 0.15) is 0 Å². The molecule has 0 aromatic heterocycles. The Bertz CT molecular complexity index is 1010. The molecule has 0 amide bonds. The molecular weight excluding hydrogens is 366 g/mol. The van der Waals surface area contributed by atoms with Crippen molar-refractivity contribution in [1.29, 1.82) is 0 Å². The first-order valence-corrected chi connectivity index (χ1v) is 8.70. The second-order valence-electron chi connectivity index (χ2n) is 5.99. The molecule has 0 unspecified atom stereocenters. The van der Waals surface area contributed by atoms with Gasteiger partial charge in [-0.2, -0.15) is 0 Å². The van der Waals surface area contributed by atoms with Gasteiger partial charge in [0.15, 0.2) is 5.92 Å². The van der Waals surface area contributed by atoms with E-state index in [-0.39, 0.29) is 29.9 Å². The molecule has 144 valence electrons. The van der Waals surface area contributed by atoms with E-state index in [0.29, 0.717) is 10.8 Å². The molecule has 0 radical (unpaired) electrons. The summed E-state index contributed by atoms with van der Waals surface area (Å²) < 4.78 is 9.93. The fourth-order valence-corrected chi connectivity index (χ4v) is 3.39. The number of nitro groups is 1. The standard InChI is InChI=1S/C20H17NO7/c1-3-27-19(23)16(20(24)28-4-2)15-12-9-5-7-11-8-6-10-13(14(11)12)18(22)17(15)21(25)26/h5-10,16H,3-4H2,1-2H3. The van der Waals surface area contributed by atoms with Crippen molar-refractivity contribution in [3.05, 3.63) is 63.3 Å². The monoisotopic (exact) mass is 383 g/mol. The predicted molar refractivity (Wildman–Crippen MR) is 98.9 cm³/mol. The Hall–Kier alpha value is -3.55. The minimum absolute atomic E-state index is 0.0372. The molecule has 8 heteroatoms. The Kier molecular flexibility index (Phi) is 5.21.